The average molecular weight is 479 g/mol. The number of oxazole rings is 1. The Bertz CT molecular complexity index is 954. The van der Waals surface area contributed by atoms with Gasteiger partial charge in [-0.15, -0.1) is 0 Å². The van der Waals surface area contributed by atoms with Gasteiger partial charge in [0.1, 0.15) is 16.3 Å². The zero-order valence-corrected chi connectivity index (χ0v) is 18.5. The molecule has 3 rings (SSSR count). The lowest BCUT2D eigenvalue weighted by Crippen LogP contribution is -2.17. The molecule has 0 aliphatic carbocycles. The Balaban J connectivity index is 1.53. The molecule has 0 amide bonds. The molecule has 0 radical (unpaired) electrons. The molecule has 3 aromatic rings. The number of esters is 1. The van der Waals surface area contributed by atoms with Crippen molar-refractivity contribution in [3.8, 4) is 17.2 Å². The Morgan fingerprint density at radius 2 is 1.86 bits per heavy atom. The summed E-state index contributed by atoms with van der Waals surface area (Å²) >= 11 is 9.25. The van der Waals surface area contributed by atoms with E-state index < -0.39 is 0 Å². The lowest BCUT2D eigenvalue weighted by molar-refractivity contribution is -0.139. The van der Waals surface area contributed by atoms with Crippen LogP contribution < -0.4 is 4.74 Å². The SMILES string of the molecule is COC(=O)C(Br)Cc1ccc(OCCc2nc(-c3ccc(Cl)cc3)oc2C)cc1. The third-order valence-corrected chi connectivity index (χ3v) is 5.34. The second kappa shape index (κ2) is 9.94. The number of methoxy groups -OCH3 is 1. The monoisotopic (exact) mass is 477 g/mol. The van der Waals surface area contributed by atoms with Gasteiger partial charge < -0.3 is 13.9 Å². The maximum absolute atomic E-state index is 11.5. The fourth-order valence-electron chi connectivity index (χ4n) is 2.78. The molecular formula is C22H21BrClNO4. The summed E-state index contributed by atoms with van der Waals surface area (Å²) in [7, 11) is 1.38. The third-order valence-electron chi connectivity index (χ3n) is 4.39. The molecule has 1 heterocycles. The van der Waals surface area contributed by atoms with E-state index in [1.165, 1.54) is 7.11 Å². The largest absolute Gasteiger partial charge is 0.493 e. The number of carbonyl (C=O) groups excluding carboxylic acids is 1. The Morgan fingerprint density at radius 1 is 1.17 bits per heavy atom. The molecule has 0 spiro atoms. The van der Waals surface area contributed by atoms with Crippen molar-refractivity contribution in [2.24, 2.45) is 0 Å². The first-order valence-electron chi connectivity index (χ1n) is 9.12. The summed E-state index contributed by atoms with van der Waals surface area (Å²) in [5.41, 5.74) is 2.77. The van der Waals surface area contributed by atoms with Crippen LogP contribution in [-0.2, 0) is 22.4 Å². The van der Waals surface area contributed by atoms with Crippen LogP contribution >= 0.6 is 27.5 Å². The smallest absolute Gasteiger partial charge is 0.319 e. The molecule has 1 aromatic heterocycles. The zero-order valence-electron chi connectivity index (χ0n) is 16.2. The maximum atomic E-state index is 11.5. The van der Waals surface area contributed by atoms with Gasteiger partial charge in [0.25, 0.3) is 0 Å². The van der Waals surface area contributed by atoms with Gasteiger partial charge in [-0.25, -0.2) is 4.98 Å². The molecule has 0 saturated heterocycles. The number of ether oxygens (including phenoxy) is 2. The number of hydrogen-bond acceptors (Lipinski definition) is 5. The van der Waals surface area contributed by atoms with Gasteiger partial charge in [-0.05, 0) is 55.3 Å². The predicted octanol–water partition coefficient (Wildman–Crippen LogP) is 5.40. The molecule has 7 heteroatoms. The van der Waals surface area contributed by atoms with Crippen molar-refractivity contribution in [3.05, 3.63) is 70.6 Å². The molecule has 152 valence electrons. The molecule has 0 bridgehead atoms. The van der Waals surface area contributed by atoms with E-state index in [9.17, 15) is 4.79 Å². The van der Waals surface area contributed by atoms with Gasteiger partial charge in [-0.2, -0.15) is 0 Å². The lowest BCUT2D eigenvalue weighted by atomic mass is 10.1. The molecule has 29 heavy (non-hydrogen) atoms. The summed E-state index contributed by atoms with van der Waals surface area (Å²) in [6.07, 6.45) is 1.19. The number of alkyl halides is 1. The van der Waals surface area contributed by atoms with Gasteiger partial charge in [0.2, 0.25) is 5.89 Å². The Kier molecular flexibility index (Phi) is 7.34. The fraction of sp³-hybridized carbons (Fsp3) is 0.273. The van der Waals surface area contributed by atoms with Crippen molar-refractivity contribution in [1.82, 2.24) is 4.98 Å². The van der Waals surface area contributed by atoms with Gasteiger partial charge in [0.05, 0.1) is 19.4 Å². The van der Waals surface area contributed by atoms with E-state index >= 15 is 0 Å². The van der Waals surface area contributed by atoms with Gasteiger partial charge in [-0.1, -0.05) is 39.7 Å². The molecule has 0 saturated carbocycles. The maximum Gasteiger partial charge on any atom is 0.319 e. The van der Waals surface area contributed by atoms with Crippen LogP contribution in [0.1, 0.15) is 17.0 Å². The zero-order chi connectivity index (χ0) is 20.8. The first-order chi connectivity index (χ1) is 14.0. The molecule has 2 aromatic carbocycles. The minimum atomic E-state index is -0.357. The number of rotatable bonds is 8. The van der Waals surface area contributed by atoms with Crippen LogP contribution in [0, 0.1) is 6.92 Å². The van der Waals surface area contributed by atoms with Crippen molar-refractivity contribution in [3.63, 3.8) is 0 Å². The number of aromatic nitrogens is 1. The molecule has 0 aliphatic heterocycles. The van der Waals surface area contributed by atoms with Gasteiger partial charge in [0.15, 0.2) is 0 Å². The van der Waals surface area contributed by atoms with E-state index in [-0.39, 0.29) is 10.8 Å². The van der Waals surface area contributed by atoms with Gasteiger partial charge in [-0.3, -0.25) is 4.79 Å². The number of halogens is 2. The summed E-state index contributed by atoms with van der Waals surface area (Å²) in [4.78, 5) is 15.7. The third kappa shape index (κ3) is 5.84. The fourth-order valence-corrected chi connectivity index (χ4v) is 3.47. The van der Waals surface area contributed by atoms with Gasteiger partial charge in [0, 0.05) is 17.0 Å². The van der Waals surface area contributed by atoms with Crippen LogP contribution in [0.15, 0.2) is 52.9 Å². The lowest BCUT2D eigenvalue weighted by Gasteiger charge is -2.09. The second-order valence-corrected chi connectivity index (χ2v) is 8.01. The van der Waals surface area contributed by atoms with Gasteiger partial charge >= 0.3 is 5.97 Å². The highest BCUT2D eigenvalue weighted by Crippen LogP contribution is 2.24. The topological polar surface area (TPSA) is 61.6 Å². The number of carbonyl (C=O) groups is 1. The molecule has 5 nitrogen and oxygen atoms in total. The summed E-state index contributed by atoms with van der Waals surface area (Å²) in [5.74, 6) is 1.83. The Labute approximate surface area is 183 Å². The van der Waals surface area contributed by atoms with Crippen molar-refractivity contribution in [2.75, 3.05) is 13.7 Å². The molecule has 1 atom stereocenters. The van der Waals surface area contributed by atoms with E-state index in [4.69, 9.17) is 25.5 Å². The highest BCUT2D eigenvalue weighted by molar-refractivity contribution is 9.10. The summed E-state index contributed by atoms with van der Waals surface area (Å²) in [6.45, 7) is 2.38. The highest BCUT2D eigenvalue weighted by atomic mass is 79.9. The molecule has 0 aliphatic rings. The number of hydrogen-bond donors (Lipinski definition) is 0. The quantitative estimate of drug-likeness (QED) is 0.320. The average Bonchev–Trinajstić information content (AvgIpc) is 3.09. The van der Waals surface area contributed by atoms with E-state index in [0.717, 1.165) is 28.3 Å². The van der Waals surface area contributed by atoms with Crippen molar-refractivity contribution in [2.45, 2.75) is 24.6 Å². The van der Waals surface area contributed by atoms with Crippen LogP contribution in [0.4, 0.5) is 0 Å². The molecule has 1 unspecified atom stereocenters. The van der Waals surface area contributed by atoms with Crippen LogP contribution in [0.3, 0.4) is 0 Å². The minimum Gasteiger partial charge on any atom is -0.493 e. The Hall–Kier alpha value is -2.31. The normalized spacial score (nSPS) is 11.9. The van der Waals surface area contributed by atoms with E-state index in [1.807, 2.05) is 55.5 Å². The number of nitrogens with zero attached hydrogens (tertiary/aromatic N) is 1. The van der Waals surface area contributed by atoms with Crippen molar-refractivity contribution < 1.29 is 18.7 Å². The van der Waals surface area contributed by atoms with Crippen molar-refractivity contribution >= 4 is 33.5 Å². The van der Waals surface area contributed by atoms with E-state index in [2.05, 4.69) is 20.9 Å². The van der Waals surface area contributed by atoms with E-state index in [0.29, 0.717) is 30.4 Å². The molecule has 0 fully saturated rings. The van der Waals surface area contributed by atoms with Crippen LogP contribution in [0.2, 0.25) is 5.02 Å². The highest BCUT2D eigenvalue weighted by Gasteiger charge is 2.15. The first kappa shape index (κ1) is 21.4. The molecule has 0 N–H and O–H groups in total. The number of benzene rings is 2. The van der Waals surface area contributed by atoms with E-state index in [1.54, 1.807) is 0 Å². The second-order valence-electron chi connectivity index (χ2n) is 6.47. The summed E-state index contributed by atoms with van der Waals surface area (Å²) < 4.78 is 16.3. The first-order valence-corrected chi connectivity index (χ1v) is 10.4. The van der Waals surface area contributed by atoms with Crippen LogP contribution in [-0.4, -0.2) is 29.5 Å². The predicted molar refractivity (Wildman–Crippen MR) is 116 cm³/mol. The van der Waals surface area contributed by atoms with Crippen molar-refractivity contribution in [1.29, 1.82) is 0 Å². The minimum absolute atomic E-state index is 0.286. The molecular weight excluding hydrogens is 458 g/mol. The standard InChI is InChI=1S/C22H21BrClNO4/c1-14-20(25-21(29-14)16-5-7-17(24)8-6-16)11-12-28-18-9-3-15(4-10-18)13-19(23)22(26)27-2/h3-10,19H,11-13H2,1-2H3. The number of aryl methyl sites for hydroxylation is 1. The van der Waals surface area contributed by atoms with Crippen LogP contribution in [0.25, 0.3) is 11.5 Å². The van der Waals surface area contributed by atoms with Crippen LogP contribution in [0.5, 0.6) is 5.75 Å². The Morgan fingerprint density at radius 3 is 2.52 bits per heavy atom. The summed E-state index contributed by atoms with van der Waals surface area (Å²) in [6, 6.07) is 15.0. The summed E-state index contributed by atoms with van der Waals surface area (Å²) in [5, 5.41) is 0.675.